The first kappa shape index (κ1) is 8.95. The van der Waals surface area contributed by atoms with Crippen molar-refractivity contribution in [3.05, 3.63) is 42.8 Å². The van der Waals surface area contributed by atoms with Crippen LogP contribution in [0.3, 0.4) is 0 Å². The summed E-state index contributed by atoms with van der Waals surface area (Å²) in [5.41, 5.74) is 1.29. The Morgan fingerprint density at radius 2 is 1.70 bits per heavy atom. The maximum absolute atomic E-state index is 3.90. The van der Waals surface area contributed by atoms with E-state index < -0.39 is 0 Å². The van der Waals surface area contributed by atoms with Crippen molar-refractivity contribution in [3.8, 4) is 0 Å². The SMILES string of the molecule is [CH2-]C(I)c1ccccc1.[Rf]. The van der Waals surface area contributed by atoms with Gasteiger partial charge in [0.25, 0.3) is 0 Å². The first-order chi connectivity index (χ1) is 4.30. The third kappa shape index (κ3) is 2.05. The van der Waals surface area contributed by atoms with Gasteiger partial charge in [-0.3, -0.25) is 0 Å². The predicted molar refractivity (Wildman–Crippen MR) is 48.6 cm³/mol. The Balaban J connectivity index is 0.000000810. The van der Waals surface area contributed by atoms with Crippen molar-refractivity contribution in [2.24, 2.45) is 0 Å². The summed E-state index contributed by atoms with van der Waals surface area (Å²) in [5.74, 6) is 0. The van der Waals surface area contributed by atoms with Crippen LogP contribution >= 0.6 is 22.6 Å². The van der Waals surface area contributed by atoms with Crippen molar-refractivity contribution >= 4 is 22.6 Å². The van der Waals surface area contributed by atoms with Gasteiger partial charge in [0.05, 0.1) is 0 Å². The third-order valence-electron chi connectivity index (χ3n) is 1.16. The second-order valence-electron chi connectivity index (χ2n) is 1.88. The van der Waals surface area contributed by atoms with Gasteiger partial charge in [0.1, 0.15) is 0 Å². The van der Waals surface area contributed by atoms with Crippen LogP contribution in [0, 0.1) is 6.92 Å². The largest absolute Gasteiger partial charge is 0.326 e. The van der Waals surface area contributed by atoms with Gasteiger partial charge in [-0.2, -0.15) is 0 Å². The van der Waals surface area contributed by atoms with E-state index >= 15 is 0 Å². The van der Waals surface area contributed by atoms with E-state index in [9.17, 15) is 0 Å². The van der Waals surface area contributed by atoms with Crippen molar-refractivity contribution in [1.29, 1.82) is 0 Å². The van der Waals surface area contributed by atoms with Gasteiger partial charge in [0.2, 0.25) is 0 Å². The molecule has 0 saturated heterocycles. The Labute approximate surface area is 69.4 Å². The van der Waals surface area contributed by atoms with Crippen LogP contribution in [0.1, 0.15) is 9.49 Å². The minimum atomic E-state index is 0. The van der Waals surface area contributed by atoms with Crippen LogP contribution in [0.15, 0.2) is 30.3 Å². The summed E-state index contributed by atoms with van der Waals surface area (Å²) in [6.45, 7) is 3.90. The smallest absolute Gasteiger partial charge is 0 e. The Bertz CT molecular complexity index is 172. The molecule has 0 aliphatic heterocycles. The molecular weight excluding hydrogens is 490 g/mol. The molecule has 0 aliphatic rings. The van der Waals surface area contributed by atoms with E-state index in [2.05, 4.69) is 41.6 Å². The Kier molecular flexibility index (Phi) is 3.47. The molecule has 1 aromatic carbocycles. The van der Waals surface area contributed by atoms with Crippen molar-refractivity contribution in [3.63, 3.8) is 0 Å². The fraction of sp³-hybridized carbons (Fsp3) is 0.125. The zero-order chi connectivity index (χ0) is 6.69. The van der Waals surface area contributed by atoms with Crippen LogP contribution in [-0.4, -0.2) is 0 Å². The molecule has 0 bridgehead atoms. The fourth-order valence-electron chi connectivity index (χ4n) is 0.662. The fourth-order valence-corrected chi connectivity index (χ4v) is 1.08. The molecule has 0 aromatic heterocycles. The molecule has 0 saturated carbocycles. The molecule has 0 fully saturated rings. The van der Waals surface area contributed by atoms with Gasteiger partial charge < -0.3 is 6.92 Å². The first-order valence-corrected chi connectivity index (χ1v) is 4.07. The van der Waals surface area contributed by atoms with Crippen molar-refractivity contribution in [2.75, 3.05) is 0 Å². The summed E-state index contributed by atoms with van der Waals surface area (Å²) < 4.78 is 0.379. The van der Waals surface area contributed by atoms with Crippen LogP contribution in [0.4, 0.5) is 0 Å². The summed E-state index contributed by atoms with van der Waals surface area (Å²) >= 11 is 2.30. The molecule has 1 rings (SSSR count). The maximum Gasteiger partial charge on any atom is 0 e. The Hall–Kier alpha value is -1.05. The number of hydrogen-bond acceptors (Lipinski definition) is 0. The first-order valence-electron chi connectivity index (χ1n) is 2.83. The van der Waals surface area contributed by atoms with Crippen LogP contribution < -0.4 is 0 Å². The normalized spacial score (nSPS) is 11.8. The number of rotatable bonds is 1. The molecule has 0 heterocycles. The van der Waals surface area contributed by atoms with Gasteiger partial charge in [-0.25, -0.2) is 0 Å². The second kappa shape index (κ2) is 3.88. The average Bonchev–Trinajstić information content (AvgIpc) is 1.90. The van der Waals surface area contributed by atoms with E-state index in [1.165, 1.54) is 5.56 Å². The molecule has 2 heteroatoms. The summed E-state index contributed by atoms with van der Waals surface area (Å²) in [7, 11) is 0. The van der Waals surface area contributed by atoms with Gasteiger partial charge in [-0.1, -0.05) is 39.8 Å². The molecule has 0 nitrogen and oxygen atoms in total. The van der Waals surface area contributed by atoms with E-state index in [0.29, 0.717) is 3.92 Å². The van der Waals surface area contributed by atoms with Crippen LogP contribution in [-0.2, 0) is 0 Å². The average molecular weight is 498 g/mol. The molecule has 0 spiro atoms. The van der Waals surface area contributed by atoms with E-state index in [-0.39, 0.29) is 0 Å². The number of hydrogen-bond donors (Lipinski definition) is 0. The molecular formula is C8H8IRf-. The van der Waals surface area contributed by atoms with Crippen molar-refractivity contribution in [1.82, 2.24) is 0 Å². The summed E-state index contributed by atoms with van der Waals surface area (Å²) in [6, 6.07) is 10.3. The van der Waals surface area contributed by atoms with E-state index in [4.69, 9.17) is 0 Å². The van der Waals surface area contributed by atoms with Crippen LogP contribution in [0.5, 0.6) is 0 Å². The zero-order valence-corrected chi connectivity index (χ0v) is 14.3. The number of benzene rings is 1. The van der Waals surface area contributed by atoms with E-state index in [1.807, 2.05) is 18.2 Å². The molecule has 10 heavy (non-hydrogen) atoms. The molecule has 1 aromatic rings. The molecule has 0 N–H and O–H groups in total. The van der Waals surface area contributed by atoms with E-state index in [0.717, 1.165) is 0 Å². The molecule has 0 radical (unpaired) electrons. The molecule has 0 amide bonds. The summed E-state index contributed by atoms with van der Waals surface area (Å²) in [4.78, 5) is 0. The summed E-state index contributed by atoms with van der Waals surface area (Å²) in [6.07, 6.45) is 0. The Morgan fingerprint density at radius 1 is 1.20 bits per heavy atom. The standard InChI is InChI=1S/C8H8I.Rf/c1-7(9)8-5-3-2-4-6-8;/h2-7H,1H2;/q-1;. The topological polar surface area (TPSA) is 0 Å². The Morgan fingerprint density at radius 3 is 2.00 bits per heavy atom. The predicted octanol–water partition coefficient (Wildman–Crippen LogP) is 3.00. The zero-order valence-electron chi connectivity index (χ0n) is 5.76. The number of halogens is 1. The minimum Gasteiger partial charge on any atom is -0.326 e. The molecule has 0 aliphatic carbocycles. The monoisotopic (exact) mass is 498 g/mol. The van der Waals surface area contributed by atoms with Crippen molar-refractivity contribution < 1.29 is 0 Å². The van der Waals surface area contributed by atoms with Crippen molar-refractivity contribution in [2.45, 2.75) is 3.92 Å². The molecule has 1 atom stereocenters. The molecule has 50 valence electrons. The summed E-state index contributed by atoms with van der Waals surface area (Å²) in [5, 5.41) is 0. The third-order valence-corrected chi connectivity index (χ3v) is 1.88. The molecule has 1 unspecified atom stereocenters. The number of alkyl halides is 1. The minimum absolute atomic E-state index is 0. The van der Waals surface area contributed by atoms with Gasteiger partial charge in [0.15, 0.2) is 0 Å². The van der Waals surface area contributed by atoms with Gasteiger partial charge in [-0.05, 0) is 0 Å². The van der Waals surface area contributed by atoms with Gasteiger partial charge in [0, 0.05) is 0 Å². The van der Waals surface area contributed by atoms with Gasteiger partial charge in [-0.15, -0.1) is 22.6 Å². The van der Waals surface area contributed by atoms with Gasteiger partial charge >= 0.3 is 0 Å². The van der Waals surface area contributed by atoms with Crippen LogP contribution in [0.2, 0.25) is 0 Å². The van der Waals surface area contributed by atoms with E-state index in [1.54, 1.807) is 0 Å². The quantitative estimate of drug-likeness (QED) is 0.318. The second-order valence-corrected chi connectivity index (χ2v) is 3.38. The van der Waals surface area contributed by atoms with Crippen LogP contribution in [0.25, 0.3) is 0 Å². The maximum atomic E-state index is 3.90.